The second-order valence-corrected chi connectivity index (χ2v) is 11.3. The number of nitrogens with zero attached hydrogens (tertiary/aromatic N) is 3. The van der Waals surface area contributed by atoms with Crippen LogP contribution in [0.5, 0.6) is 0 Å². The van der Waals surface area contributed by atoms with Gasteiger partial charge in [0.15, 0.2) is 17.5 Å². The highest BCUT2D eigenvalue weighted by atomic mass is 15.0. The van der Waals surface area contributed by atoms with E-state index in [1.165, 1.54) is 22.3 Å². The quantitative estimate of drug-likeness (QED) is 0.317. The molecule has 1 aromatic heterocycles. The maximum atomic E-state index is 4.91. The van der Waals surface area contributed by atoms with Crippen LogP contribution in [-0.4, -0.2) is 15.0 Å². The number of aromatic nitrogens is 3. The highest BCUT2D eigenvalue weighted by Gasteiger charge is 2.17. The summed E-state index contributed by atoms with van der Waals surface area (Å²) in [5, 5.41) is 0. The van der Waals surface area contributed by atoms with Gasteiger partial charge in [-0.1, -0.05) is 107 Å². The van der Waals surface area contributed by atoms with Crippen LogP contribution in [0.2, 0.25) is 0 Å². The number of aryl methyl sites for hydroxylation is 2. The molecule has 3 aromatic carbocycles. The number of rotatable bonds is 3. The Morgan fingerprint density at radius 3 is 1.09 bits per heavy atom. The molecule has 4 rings (SSSR count). The van der Waals surface area contributed by atoms with Gasteiger partial charge in [-0.2, -0.15) is 0 Å². The smallest absolute Gasteiger partial charge is 0.164 e. The van der Waals surface area contributed by atoms with Gasteiger partial charge in [0, 0.05) is 16.7 Å². The summed E-state index contributed by atoms with van der Waals surface area (Å²) in [5.41, 5.74) is 8.17. The van der Waals surface area contributed by atoms with E-state index in [2.05, 4.69) is 122 Å². The average molecular weight is 450 g/mol. The minimum Gasteiger partial charge on any atom is -0.208 e. The van der Waals surface area contributed by atoms with Crippen LogP contribution in [0.15, 0.2) is 66.7 Å². The monoisotopic (exact) mass is 449 g/mol. The minimum atomic E-state index is 0.0991. The minimum absolute atomic E-state index is 0.0991. The maximum absolute atomic E-state index is 4.91. The fourth-order valence-electron chi connectivity index (χ4n) is 4.11. The van der Waals surface area contributed by atoms with Crippen LogP contribution < -0.4 is 0 Å². The fraction of sp³-hybridized carbons (Fsp3) is 0.323. The van der Waals surface area contributed by atoms with Crippen LogP contribution in [0.1, 0.15) is 63.8 Å². The highest BCUT2D eigenvalue weighted by Crippen LogP contribution is 2.29. The molecule has 0 N–H and O–H groups in total. The van der Waals surface area contributed by atoms with Crippen molar-refractivity contribution in [2.75, 3.05) is 0 Å². The van der Waals surface area contributed by atoms with Gasteiger partial charge in [0.05, 0.1) is 0 Å². The molecule has 0 saturated heterocycles. The summed E-state index contributed by atoms with van der Waals surface area (Å²) in [6, 6.07) is 23.6. The van der Waals surface area contributed by atoms with Crippen LogP contribution in [-0.2, 0) is 10.8 Å². The molecule has 174 valence electrons. The first-order valence-corrected chi connectivity index (χ1v) is 12.0. The number of benzene rings is 3. The van der Waals surface area contributed by atoms with Crippen LogP contribution in [0.4, 0.5) is 0 Å². The predicted molar refractivity (Wildman–Crippen MR) is 143 cm³/mol. The van der Waals surface area contributed by atoms with E-state index in [-0.39, 0.29) is 10.8 Å². The van der Waals surface area contributed by atoms with Crippen molar-refractivity contribution in [2.24, 2.45) is 0 Å². The van der Waals surface area contributed by atoms with Crippen molar-refractivity contribution in [1.82, 2.24) is 15.0 Å². The van der Waals surface area contributed by atoms with Gasteiger partial charge in [0.2, 0.25) is 0 Å². The molecule has 0 aliphatic heterocycles. The standard InChI is InChI=1S/C31H35N3/c1-20-17-21(2)19-24(18-20)29-33-27(22-9-13-25(14-10-22)30(3,4)5)32-28(34-29)23-11-15-26(16-12-23)31(6,7)8/h9-19H,1-8H3. The summed E-state index contributed by atoms with van der Waals surface area (Å²) in [7, 11) is 0. The molecule has 3 heteroatoms. The zero-order valence-corrected chi connectivity index (χ0v) is 21.7. The topological polar surface area (TPSA) is 38.7 Å². The third kappa shape index (κ3) is 5.25. The van der Waals surface area contributed by atoms with Crippen LogP contribution >= 0.6 is 0 Å². The van der Waals surface area contributed by atoms with Crippen molar-refractivity contribution in [3.05, 3.63) is 89.0 Å². The fourth-order valence-corrected chi connectivity index (χ4v) is 4.11. The Morgan fingerprint density at radius 1 is 0.441 bits per heavy atom. The number of hydrogen-bond donors (Lipinski definition) is 0. The largest absolute Gasteiger partial charge is 0.208 e. The molecule has 3 nitrogen and oxygen atoms in total. The van der Waals surface area contributed by atoms with Gasteiger partial charge in [-0.15, -0.1) is 0 Å². The van der Waals surface area contributed by atoms with Gasteiger partial charge in [0.25, 0.3) is 0 Å². The Morgan fingerprint density at radius 2 is 0.765 bits per heavy atom. The van der Waals surface area contributed by atoms with Crippen molar-refractivity contribution >= 4 is 0 Å². The predicted octanol–water partition coefficient (Wildman–Crippen LogP) is 8.08. The summed E-state index contributed by atoms with van der Waals surface area (Å²) in [5.74, 6) is 2.09. The molecule has 0 bridgehead atoms. The average Bonchev–Trinajstić information content (AvgIpc) is 2.77. The van der Waals surface area contributed by atoms with Crippen molar-refractivity contribution < 1.29 is 0 Å². The van der Waals surface area contributed by atoms with Crippen molar-refractivity contribution in [3.8, 4) is 34.2 Å². The summed E-state index contributed by atoms with van der Waals surface area (Å²) in [6.45, 7) is 17.6. The zero-order chi connectivity index (χ0) is 24.7. The van der Waals surface area contributed by atoms with Crippen LogP contribution in [0.25, 0.3) is 34.2 Å². The Bertz CT molecular complexity index is 1210. The van der Waals surface area contributed by atoms with Gasteiger partial charge < -0.3 is 0 Å². The summed E-state index contributed by atoms with van der Waals surface area (Å²) in [6.07, 6.45) is 0. The Hall–Kier alpha value is -3.33. The lowest BCUT2D eigenvalue weighted by atomic mass is 9.86. The molecule has 0 spiro atoms. The van der Waals surface area contributed by atoms with Crippen LogP contribution in [0.3, 0.4) is 0 Å². The van der Waals surface area contributed by atoms with E-state index in [9.17, 15) is 0 Å². The van der Waals surface area contributed by atoms with E-state index in [1.54, 1.807) is 0 Å². The molecular weight excluding hydrogens is 414 g/mol. The van der Waals surface area contributed by atoms with Crippen molar-refractivity contribution in [1.29, 1.82) is 0 Å². The first-order valence-electron chi connectivity index (χ1n) is 12.0. The molecule has 4 aromatic rings. The molecular formula is C31H35N3. The lowest BCUT2D eigenvalue weighted by Crippen LogP contribution is -2.10. The molecule has 0 aliphatic carbocycles. The molecule has 0 saturated carbocycles. The van der Waals surface area contributed by atoms with E-state index >= 15 is 0 Å². The maximum Gasteiger partial charge on any atom is 0.164 e. The van der Waals surface area contributed by atoms with Crippen molar-refractivity contribution in [3.63, 3.8) is 0 Å². The molecule has 0 radical (unpaired) electrons. The van der Waals surface area contributed by atoms with E-state index in [0.29, 0.717) is 17.5 Å². The third-order valence-electron chi connectivity index (χ3n) is 6.13. The summed E-state index contributed by atoms with van der Waals surface area (Å²) < 4.78 is 0. The summed E-state index contributed by atoms with van der Waals surface area (Å²) in [4.78, 5) is 14.7. The molecule has 0 unspecified atom stereocenters. The van der Waals surface area contributed by atoms with Gasteiger partial charge in [-0.3, -0.25) is 0 Å². The molecule has 0 atom stereocenters. The molecule has 34 heavy (non-hydrogen) atoms. The van der Waals surface area contributed by atoms with Gasteiger partial charge in [-0.25, -0.2) is 15.0 Å². The third-order valence-corrected chi connectivity index (χ3v) is 6.13. The first kappa shape index (κ1) is 23.8. The Balaban J connectivity index is 1.86. The SMILES string of the molecule is Cc1cc(C)cc(-c2nc(-c3ccc(C(C)(C)C)cc3)nc(-c3ccc(C(C)(C)C)cc3)n2)c1. The van der Waals surface area contributed by atoms with E-state index in [0.717, 1.165) is 16.7 Å². The molecule has 0 aliphatic rings. The van der Waals surface area contributed by atoms with E-state index in [1.807, 2.05) is 0 Å². The lowest BCUT2D eigenvalue weighted by Gasteiger charge is -2.19. The van der Waals surface area contributed by atoms with Gasteiger partial charge in [0.1, 0.15) is 0 Å². The van der Waals surface area contributed by atoms with E-state index in [4.69, 9.17) is 15.0 Å². The molecule has 1 heterocycles. The zero-order valence-electron chi connectivity index (χ0n) is 21.7. The molecule has 0 fully saturated rings. The van der Waals surface area contributed by atoms with Crippen LogP contribution in [0, 0.1) is 13.8 Å². The first-order chi connectivity index (χ1) is 15.9. The Labute approximate surface area is 204 Å². The number of hydrogen-bond acceptors (Lipinski definition) is 3. The second-order valence-electron chi connectivity index (χ2n) is 11.3. The van der Waals surface area contributed by atoms with Crippen molar-refractivity contribution in [2.45, 2.75) is 66.2 Å². The lowest BCUT2D eigenvalue weighted by molar-refractivity contribution is 0.590. The summed E-state index contributed by atoms with van der Waals surface area (Å²) >= 11 is 0. The normalized spacial score (nSPS) is 12.1. The van der Waals surface area contributed by atoms with Gasteiger partial charge in [-0.05, 0) is 47.9 Å². The highest BCUT2D eigenvalue weighted by molar-refractivity contribution is 5.67. The molecule has 0 amide bonds. The second kappa shape index (κ2) is 8.79. The Kier molecular flexibility index (Phi) is 6.16. The van der Waals surface area contributed by atoms with Gasteiger partial charge >= 0.3 is 0 Å². The van der Waals surface area contributed by atoms with E-state index < -0.39 is 0 Å².